The number of halogens is 1. The third-order valence-electron chi connectivity index (χ3n) is 2.61. The molecule has 0 unspecified atom stereocenters. The summed E-state index contributed by atoms with van der Waals surface area (Å²) in [4.78, 5) is 13.6. The van der Waals surface area contributed by atoms with Crippen LogP contribution in [0, 0.1) is 5.82 Å². The summed E-state index contributed by atoms with van der Waals surface area (Å²) in [6, 6.07) is 6.09. The molecule has 0 fully saturated rings. The quantitative estimate of drug-likeness (QED) is 0.840. The summed E-state index contributed by atoms with van der Waals surface area (Å²) in [5.41, 5.74) is 5.80. The first-order chi connectivity index (χ1) is 9.24. The number of rotatable bonds is 5. The molecule has 2 rings (SSSR count). The lowest BCUT2D eigenvalue weighted by molar-refractivity contribution is 0.0981. The van der Waals surface area contributed by atoms with Crippen molar-refractivity contribution in [2.45, 2.75) is 6.42 Å². The number of nitrogens with one attached hydrogen (secondary N) is 1. The number of hydrogen-bond donors (Lipinski definition) is 2. The van der Waals surface area contributed by atoms with Crippen molar-refractivity contribution < 1.29 is 9.18 Å². The first-order valence-corrected chi connectivity index (χ1v) is 5.86. The molecule has 1 amide bonds. The highest BCUT2D eigenvalue weighted by atomic mass is 19.1. The van der Waals surface area contributed by atoms with Crippen LogP contribution in [0.5, 0.6) is 0 Å². The average molecular weight is 263 g/mol. The van der Waals surface area contributed by atoms with Gasteiger partial charge in [-0.05, 0) is 25.1 Å². The molecule has 0 saturated carbocycles. The summed E-state index contributed by atoms with van der Waals surface area (Å²) in [7, 11) is 0. The maximum absolute atomic E-state index is 13.8. The summed E-state index contributed by atoms with van der Waals surface area (Å²) < 4.78 is 13.8. The van der Waals surface area contributed by atoms with Crippen molar-refractivity contribution in [3.05, 3.63) is 42.0 Å². The van der Waals surface area contributed by atoms with Gasteiger partial charge in [0.25, 0.3) is 5.91 Å². The molecular weight excluding hydrogens is 249 g/mol. The number of anilines is 1. The lowest BCUT2D eigenvalue weighted by Crippen LogP contribution is -2.34. The molecule has 0 spiro atoms. The molecule has 3 N–H and O–H groups in total. The summed E-state index contributed by atoms with van der Waals surface area (Å²) in [5.74, 6) is -0.872. The van der Waals surface area contributed by atoms with Gasteiger partial charge in [0.1, 0.15) is 5.82 Å². The zero-order valence-electron chi connectivity index (χ0n) is 10.2. The molecule has 2 aromatic rings. The molecule has 0 saturated heterocycles. The van der Waals surface area contributed by atoms with E-state index in [1.165, 1.54) is 17.2 Å². The van der Waals surface area contributed by atoms with Crippen molar-refractivity contribution in [1.29, 1.82) is 0 Å². The fourth-order valence-corrected chi connectivity index (χ4v) is 1.69. The number of nitrogens with zero attached hydrogens (tertiary/aromatic N) is 3. The zero-order valence-corrected chi connectivity index (χ0v) is 10.2. The van der Waals surface area contributed by atoms with Crippen LogP contribution >= 0.6 is 0 Å². The lowest BCUT2D eigenvalue weighted by Gasteiger charge is -2.21. The number of aromatic amines is 1. The Kier molecular flexibility index (Phi) is 4.19. The minimum absolute atomic E-state index is 0.139. The Balaban J connectivity index is 2.31. The van der Waals surface area contributed by atoms with E-state index in [1.54, 1.807) is 18.2 Å². The van der Waals surface area contributed by atoms with Crippen molar-refractivity contribution in [3.8, 4) is 0 Å². The van der Waals surface area contributed by atoms with E-state index in [2.05, 4.69) is 15.4 Å². The Morgan fingerprint density at radius 3 is 2.84 bits per heavy atom. The molecule has 1 aromatic heterocycles. The summed E-state index contributed by atoms with van der Waals surface area (Å²) in [5, 5.41) is 9.66. The van der Waals surface area contributed by atoms with E-state index in [9.17, 15) is 9.18 Å². The predicted octanol–water partition coefficient (Wildman–Crippen LogP) is 0.939. The highest BCUT2D eigenvalue weighted by molar-refractivity contribution is 6.04. The molecule has 0 bridgehead atoms. The van der Waals surface area contributed by atoms with Crippen molar-refractivity contribution in [2.24, 2.45) is 5.73 Å². The number of hydrogen-bond acceptors (Lipinski definition) is 4. The van der Waals surface area contributed by atoms with Gasteiger partial charge in [-0.15, -0.1) is 0 Å². The average Bonchev–Trinajstić information content (AvgIpc) is 2.94. The van der Waals surface area contributed by atoms with Gasteiger partial charge in [0.2, 0.25) is 0 Å². The zero-order chi connectivity index (χ0) is 13.7. The van der Waals surface area contributed by atoms with E-state index < -0.39 is 11.7 Å². The molecule has 0 aliphatic heterocycles. The predicted molar refractivity (Wildman–Crippen MR) is 68.1 cm³/mol. The van der Waals surface area contributed by atoms with Crippen molar-refractivity contribution >= 4 is 11.6 Å². The van der Waals surface area contributed by atoms with Crippen molar-refractivity contribution in [1.82, 2.24) is 15.4 Å². The molecule has 1 heterocycles. The summed E-state index contributed by atoms with van der Waals surface area (Å²) >= 11 is 0. The molecule has 0 radical (unpaired) electrons. The Bertz CT molecular complexity index is 543. The number of H-pyrrole nitrogens is 1. The first-order valence-electron chi connectivity index (χ1n) is 5.86. The Morgan fingerprint density at radius 1 is 1.42 bits per heavy atom. The van der Waals surface area contributed by atoms with Gasteiger partial charge in [-0.3, -0.25) is 4.79 Å². The highest BCUT2D eigenvalue weighted by Crippen LogP contribution is 2.20. The van der Waals surface area contributed by atoms with Gasteiger partial charge in [0, 0.05) is 6.54 Å². The fraction of sp³-hybridized carbons (Fsp3) is 0.250. The van der Waals surface area contributed by atoms with Crippen LogP contribution in [0.25, 0.3) is 0 Å². The third-order valence-corrected chi connectivity index (χ3v) is 2.61. The second-order valence-corrected chi connectivity index (χ2v) is 3.91. The van der Waals surface area contributed by atoms with Gasteiger partial charge in [-0.25, -0.2) is 4.39 Å². The van der Waals surface area contributed by atoms with E-state index in [0.717, 1.165) is 0 Å². The first kappa shape index (κ1) is 13.2. The maximum atomic E-state index is 13.8. The van der Waals surface area contributed by atoms with Crippen LogP contribution in [0.1, 0.15) is 16.9 Å². The molecular formula is C12H14FN5O. The standard InChI is InChI=1S/C12H14FN5O/c13-9-4-1-2-5-11(9)18(7-3-6-14)12(19)10-8-15-17-16-10/h1-2,4-5,8H,3,6-7,14H2,(H,15,16,17). The number of aromatic nitrogens is 3. The smallest absolute Gasteiger partial charge is 0.280 e. The van der Waals surface area contributed by atoms with E-state index in [0.29, 0.717) is 19.5 Å². The molecule has 19 heavy (non-hydrogen) atoms. The Labute approximate surface area is 109 Å². The largest absolute Gasteiger partial charge is 0.330 e. The Hall–Kier alpha value is -2.28. The minimum atomic E-state index is -0.462. The number of amides is 1. The lowest BCUT2D eigenvalue weighted by atomic mass is 10.2. The highest BCUT2D eigenvalue weighted by Gasteiger charge is 2.21. The van der Waals surface area contributed by atoms with Gasteiger partial charge in [0.15, 0.2) is 5.69 Å². The second kappa shape index (κ2) is 6.05. The van der Waals surface area contributed by atoms with Gasteiger partial charge in [0.05, 0.1) is 11.9 Å². The number of para-hydroxylation sites is 1. The molecule has 0 aliphatic carbocycles. The van der Waals surface area contributed by atoms with E-state index in [4.69, 9.17) is 5.73 Å². The fourth-order valence-electron chi connectivity index (χ4n) is 1.69. The van der Waals surface area contributed by atoms with Crippen LogP contribution in [0.3, 0.4) is 0 Å². The monoisotopic (exact) mass is 263 g/mol. The normalized spacial score (nSPS) is 10.4. The van der Waals surface area contributed by atoms with Crippen LogP contribution in [-0.4, -0.2) is 34.4 Å². The van der Waals surface area contributed by atoms with Crippen LogP contribution in [0.4, 0.5) is 10.1 Å². The van der Waals surface area contributed by atoms with Gasteiger partial charge in [-0.2, -0.15) is 15.4 Å². The Morgan fingerprint density at radius 2 is 2.21 bits per heavy atom. The minimum Gasteiger partial charge on any atom is -0.330 e. The topological polar surface area (TPSA) is 87.9 Å². The van der Waals surface area contributed by atoms with Gasteiger partial charge >= 0.3 is 0 Å². The second-order valence-electron chi connectivity index (χ2n) is 3.91. The van der Waals surface area contributed by atoms with Gasteiger partial charge < -0.3 is 10.6 Å². The molecule has 7 heteroatoms. The van der Waals surface area contributed by atoms with Crippen LogP contribution in [0.2, 0.25) is 0 Å². The SMILES string of the molecule is NCCCN(C(=O)c1cn[nH]n1)c1ccccc1F. The van der Waals surface area contributed by atoms with E-state index in [-0.39, 0.29) is 11.4 Å². The summed E-state index contributed by atoms with van der Waals surface area (Å²) in [6.07, 6.45) is 1.87. The molecule has 0 atom stereocenters. The van der Waals surface area contributed by atoms with E-state index >= 15 is 0 Å². The number of benzene rings is 1. The van der Waals surface area contributed by atoms with Crippen LogP contribution in [-0.2, 0) is 0 Å². The molecule has 1 aromatic carbocycles. The van der Waals surface area contributed by atoms with Gasteiger partial charge in [-0.1, -0.05) is 12.1 Å². The molecule has 100 valence electrons. The van der Waals surface area contributed by atoms with E-state index in [1.807, 2.05) is 0 Å². The van der Waals surface area contributed by atoms with Crippen molar-refractivity contribution in [3.63, 3.8) is 0 Å². The number of carbonyl (C=O) groups is 1. The maximum Gasteiger partial charge on any atom is 0.280 e. The van der Waals surface area contributed by atoms with Crippen molar-refractivity contribution in [2.75, 3.05) is 18.0 Å². The number of nitrogens with two attached hydrogens (primary N) is 1. The molecule has 6 nitrogen and oxygen atoms in total. The van der Waals surface area contributed by atoms with Crippen LogP contribution in [0.15, 0.2) is 30.5 Å². The molecule has 0 aliphatic rings. The summed E-state index contributed by atoms with van der Waals surface area (Å²) in [6.45, 7) is 0.736. The number of carbonyl (C=O) groups excluding carboxylic acids is 1. The third kappa shape index (κ3) is 2.94. The van der Waals surface area contributed by atoms with Crippen LogP contribution < -0.4 is 10.6 Å².